The summed E-state index contributed by atoms with van der Waals surface area (Å²) in [6.07, 6.45) is -0.318. The Balaban J connectivity index is 2.62. The Kier molecular flexibility index (Phi) is 5.92. The second-order valence-electron chi connectivity index (χ2n) is 4.12. The van der Waals surface area contributed by atoms with Gasteiger partial charge in [-0.25, -0.2) is 14.0 Å². The van der Waals surface area contributed by atoms with Crippen molar-refractivity contribution in [1.29, 1.82) is 0 Å². The van der Waals surface area contributed by atoms with Gasteiger partial charge in [0.25, 0.3) is 0 Å². The largest absolute Gasteiger partial charge is 0.480 e. The average molecular weight is 318 g/mol. The molecule has 7 nitrogen and oxygen atoms in total. The molecule has 3 amide bonds. The zero-order chi connectivity index (χ0) is 16.0. The number of carboxylic acids is 1. The van der Waals surface area contributed by atoms with E-state index in [-0.39, 0.29) is 23.6 Å². The molecule has 1 aromatic rings. The van der Waals surface area contributed by atoms with Crippen molar-refractivity contribution in [3.63, 3.8) is 0 Å². The highest BCUT2D eigenvalue weighted by Crippen LogP contribution is 2.19. The van der Waals surface area contributed by atoms with Crippen LogP contribution < -0.4 is 16.4 Å². The number of hydrogen-bond acceptors (Lipinski definition) is 3. The molecule has 0 aromatic heterocycles. The summed E-state index contributed by atoms with van der Waals surface area (Å²) >= 11 is 5.55. The summed E-state index contributed by atoms with van der Waals surface area (Å²) in [6.45, 7) is 0. The molecule has 1 rings (SSSR count). The first-order valence-corrected chi connectivity index (χ1v) is 6.21. The Labute approximate surface area is 124 Å². The lowest BCUT2D eigenvalue weighted by Crippen LogP contribution is -2.43. The fraction of sp³-hybridized carbons (Fsp3) is 0.250. The molecule has 1 atom stereocenters. The van der Waals surface area contributed by atoms with Crippen molar-refractivity contribution in [3.05, 3.63) is 29.0 Å². The number of amides is 3. The van der Waals surface area contributed by atoms with E-state index in [4.69, 9.17) is 22.4 Å². The van der Waals surface area contributed by atoms with Gasteiger partial charge in [-0.15, -0.1) is 0 Å². The number of hydrogen-bond donors (Lipinski definition) is 4. The van der Waals surface area contributed by atoms with Crippen LogP contribution in [0.5, 0.6) is 0 Å². The molecule has 0 aliphatic heterocycles. The second-order valence-corrected chi connectivity index (χ2v) is 4.53. The molecule has 21 heavy (non-hydrogen) atoms. The molecule has 0 fully saturated rings. The van der Waals surface area contributed by atoms with E-state index in [0.29, 0.717) is 0 Å². The van der Waals surface area contributed by atoms with Gasteiger partial charge in [0.1, 0.15) is 11.9 Å². The lowest BCUT2D eigenvalue weighted by Gasteiger charge is -2.14. The van der Waals surface area contributed by atoms with Crippen molar-refractivity contribution in [1.82, 2.24) is 5.32 Å². The predicted molar refractivity (Wildman–Crippen MR) is 73.4 cm³/mol. The number of nitrogens with two attached hydrogens (primary N) is 1. The van der Waals surface area contributed by atoms with Crippen molar-refractivity contribution in [2.24, 2.45) is 5.73 Å². The number of carboxylic acid groups (broad SMARTS) is 1. The highest BCUT2D eigenvalue weighted by Gasteiger charge is 2.20. The number of rotatable bonds is 6. The molecule has 0 radical (unpaired) electrons. The first kappa shape index (κ1) is 16.7. The van der Waals surface area contributed by atoms with Crippen LogP contribution in [0.25, 0.3) is 0 Å². The Morgan fingerprint density at radius 3 is 2.57 bits per heavy atom. The lowest BCUT2D eigenvalue weighted by atomic mass is 10.1. The number of urea groups is 1. The highest BCUT2D eigenvalue weighted by molar-refractivity contribution is 6.31. The number of carbonyl (C=O) groups is 3. The Hall–Kier alpha value is -2.35. The zero-order valence-corrected chi connectivity index (χ0v) is 11.5. The molecule has 0 aliphatic carbocycles. The summed E-state index contributed by atoms with van der Waals surface area (Å²) in [5.74, 6) is -2.62. The molecule has 0 heterocycles. The first-order chi connectivity index (χ1) is 9.79. The molecule has 0 bridgehead atoms. The molecular formula is C12H13ClFN3O4. The smallest absolute Gasteiger partial charge is 0.326 e. The fourth-order valence-corrected chi connectivity index (χ4v) is 1.62. The maximum absolute atomic E-state index is 12.9. The van der Waals surface area contributed by atoms with Crippen LogP contribution in [-0.4, -0.2) is 29.1 Å². The number of nitrogens with one attached hydrogen (secondary N) is 2. The molecule has 5 N–H and O–H groups in total. The van der Waals surface area contributed by atoms with Gasteiger partial charge in [-0.1, -0.05) is 11.6 Å². The van der Waals surface area contributed by atoms with Gasteiger partial charge in [0.15, 0.2) is 0 Å². The van der Waals surface area contributed by atoms with E-state index >= 15 is 0 Å². The normalized spacial score (nSPS) is 11.5. The van der Waals surface area contributed by atoms with Crippen LogP contribution in [0.3, 0.4) is 0 Å². The molecule has 0 aliphatic rings. The number of aliphatic carboxylic acids is 1. The maximum Gasteiger partial charge on any atom is 0.326 e. The van der Waals surface area contributed by atoms with Gasteiger partial charge in [0.2, 0.25) is 5.91 Å². The van der Waals surface area contributed by atoms with Crippen LogP contribution in [0.4, 0.5) is 14.9 Å². The molecule has 1 aromatic carbocycles. The molecule has 114 valence electrons. The van der Waals surface area contributed by atoms with Gasteiger partial charge in [-0.2, -0.15) is 0 Å². The molecule has 0 unspecified atom stereocenters. The first-order valence-electron chi connectivity index (χ1n) is 5.83. The van der Waals surface area contributed by atoms with E-state index < -0.39 is 29.8 Å². The molecule has 0 saturated heterocycles. The standard InChI is InChI=1S/C12H13ClFN3O4/c13-7-5-6(1-2-8(7)14)16-12(21)17-9(11(19)20)3-4-10(15)18/h1-2,5,9H,3-4H2,(H2,15,18)(H,19,20)(H2,16,17,21)/t9-/m0/s1. The van der Waals surface area contributed by atoms with Gasteiger partial charge < -0.3 is 21.5 Å². The Bertz CT molecular complexity index is 567. The van der Waals surface area contributed by atoms with Gasteiger partial charge in [0, 0.05) is 12.1 Å². The van der Waals surface area contributed by atoms with Crippen LogP contribution in [0, 0.1) is 5.82 Å². The number of anilines is 1. The van der Waals surface area contributed by atoms with Crippen LogP contribution in [-0.2, 0) is 9.59 Å². The molecule has 9 heteroatoms. The third kappa shape index (κ3) is 5.65. The monoisotopic (exact) mass is 317 g/mol. The summed E-state index contributed by atoms with van der Waals surface area (Å²) in [5.41, 5.74) is 5.11. The van der Waals surface area contributed by atoms with Crippen molar-refractivity contribution < 1.29 is 23.9 Å². The van der Waals surface area contributed by atoms with E-state index in [2.05, 4.69) is 10.6 Å². The van der Waals surface area contributed by atoms with Crippen molar-refractivity contribution in [2.75, 3.05) is 5.32 Å². The summed E-state index contributed by atoms with van der Waals surface area (Å²) < 4.78 is 12.9. The average Bonchev–Trinajstić information content (AvgIpc) is 2.38. The quantitative estimate of drug-likeness (QED) is 0.632. The Morgan fingerprint density at radius 2 is 2.05 bits per heavy atom. The van der Waals surface area contributed by atoms with E-state index in [1.807, 2.05) is 0 Å². The van der Waals surface area contributed by atoms with E-state index in [0.717, 1.165) is 6.07 Å². The lowest BCUT2D eigenvalue weighted by molar-refractivity contribution is -0.139. The maximum atomic E-state index is 12.9. The van der Waals surface area contributed by atoms with E-state index in [9.17, 15) is 18.8 Å². The molecule has 0 spiro atoms. The summed E-state index contributed by atoms with van der Waals surface area (Å²) in [6, 6.07) is 1.40. The van der Waals surface area contributed by atoms with E-state index in [1.165, 1.54) is 12.1 Å². The van der Waals surface area contributed by atoms with Crippen LogP contribution in [0.2, 0.25) is 5.02 Å². The topological polar surface area (TPSA) is 122 Å². The number of benzene rings is 1. The van der Waals surface area contributed by atoms with Gasteiger partial charge in [-0.05, 0) is 24.6 Å². The summed E-state index contributed by atoms with van der Waals surface area (Å²) in [7, 11) is 0. The minimum atomic E-state index is -1.30. The second kappa shape index (κ2) is 7.44. The molecule has 0 saturated carbocycles. The fourth-order valence-electron chi connectivity index (χ4n) is 1.44. The number of carbonyl (C=O) groups excluding carboxylic acids is 2. The van der Waals surface area contributed by atoms with E-state index in [1.54, 1.807) is 0 Å². The number of primary amides is 1. The summed E-state index contributed by atoms with van der Waals surface area (Å²) in [4.78, 5) is 33.2. The third-order valence-electron chi connectivity index (χ3n) is 2.46. The van der Waals surface area contributed by atoms with Crippen LogP contribution in [0.1, 0.15) is 12.8 Å². The zero-order valence-electron chi connectivity index (χ0n) is 10.7. The Morgan fingerprint density at radius 1 is 1.38 bits per heavy atom. The van der Waals surface area contributed by atoms with Crippen molar-refractivity contribution in [2.45, 2.75) is 18.9 Å². The van der Waals surface area contributed by atoms with Crippen LogP contribution in [0.15, 0.2) is 18.2 Å². The minimum absolute atomic E-state index is 0.137. The van der Waals surface area contributed by atoms with Gasteiger partial charge >= 0.3 is 12.0 Å². The summed E-state index contributed by atoms with van der Waals surface area (Å²) in [5, 5.41) is 13.2. The number of halogens is 2. The minimum Gasteiger partial charge on any atom is -0.480 e. The third-order valence-corrected chi connectivity index (χ3v) is 2.75. The van der Waals surface area contributed by atoms with Crippen molar-refractivity contribution in [3.8, 4) is 0 Å². The van der Waals surface area contributed by atoms with Crippen LogP contribution >= 0.6 is 11.6 Å². The predicted octanol–water partition coefficient (Wildman–Crippen LogP) is 1.32. The van der Waals surface area contributed by atoms with Gasteiger partial charge in [-0.3, -0.25) is 4.79 Å². The molecular weight excluding hydrogens is 305 g/mol. The SMILES string of the molecule is NC(=O)CC[C@H](NC(=O)Nc1ccc(F)c(Cl)c1)C(=O)O. The highest BCUT2D eigenvalue weighted by atomic mass is 35.5. The van der Waals surface area contributed by atoms with Crippen molar-refractivity contribution >= 4 is 35.2 Å². The van der Waals surface area contributed by atoms with Gasteiger partial charge in [0.05, 0.1) is 5.02 Å².